The van der Waals surface area contributed by atoms with Gasteiger partial charge in [0.25, 0.3) is 11.6 Å². The van der Waals surface area contributed by atoms with Crippen molar-refractivity contribution in [1.82, 2.24) is 10.1 Å². The van der Waals surface area contributed by atoms with Crippen LogP contribution in [0, 0.1) is 10.1 Å². The van der Waals surface area contributed by atoms with E-state index in [1.54, 1.807) is 19.2 Å². The van der Waals surface area contributed by atoms with Gasteiger partial charge in [-0.1, -0.05) is 35.5 Å². The molecule has 1 aromatic heterocycles. The smallest absolute Gasteiger partial charge is 0.293 e. The lowest BCUT2D eigenvalue weighted by Gasteiger charge is -2.07. The number of rotatable bonds is 7. The van der Waals surface area contributed by atoms with E-state index in [4.69, 9.17) is 9.26 Å². The molecule has 0 aliphatic rings. The summed E-state index contributed by atoms with van der Waals surface area (Å²) in [6.07, 6.45) is 0. The number of nitrogens with one attached hydrogen (secondary N) is 1. The average molecular weight is 340 g/mol. The molecule has 0 atom stereocenters. The summed E-state index contributed by atoms with van der Waals surface area (Å²) >= 11 is 0. The Bertz CT molecular complexity index is 864. The summed E-state index contributed by atoms with van der Waals surface area (Å²) in [6.45, 7) is 0.915. The minimum Gasteiger partial charge on any atom is -0.383 e. The zero-order valence-electron chi connectivity index (χ0n) is 13.5. The standard InChI is InChI=1S/C17H16N4O4/c1-24-10-9-18-14-8-7-13(11-15(14)21(22)23)17-19-16(20-25-17)12-5-3-2-4-6-12/h2-8,11,18H,9-10H2,1H3. The third-order valence-electron chi connectivity index (χ3n) is 3.52. The first-order chi connectivity index (χ1) is 12.2. The molecular formula is C17H16N4O4. The Morgan fingerprint density at radius 2 is 2.00 bits per heavy atom. The molecule has 1 heterocycles. The fraction of sp³-hybridized carbons (Fsp3) is 0.176. The molecule has 0 unspecified atom stereocenters. The predicted molar refractivity (Wildman–Crippen MR) is 92.2 cm³/mol. The Morgan fingerprint density at radius 3 is 2.72 bits per heavy atom. The molecule has 0 bridgehead atoms. The van der Waals surface area contributed by atoms with E-state index in [0.29, 0.717) is 30.2 Å². The van der Waals surface area contributed by atoms with Gasteiger partial charge in [-0.25, -0.2) is 0 Å². The van der Waals surface area contributed by atoms with Crippen LogP contribution >= 0.6 is 0 Å². The second-order valence-corrected chi connectivity index (χ2v) is 5.20. The Labute approximate surface area is 143 Å². The van der Waals surface area contributed by atoms with E-state index in [9.17, 15) is 10.1 Å². The predicted octanol–water partition coefficient (Wildman–Crippen LogP) is 3.37. The van der Waals surface area contributed by atoms with Crippen LogP contribution in [-0.4, -0.2) is 35.3 Å². The molecule has 8 nitrogen and oxygen atoms in total. The van der Waals surface area contributed by atoms with E-state index in [2.05, 4.69) is 15.5 Å². The van der Waals surface area contributed by atoms with E-state index < -0.39 is 4.92 Å². The van der Waals surface area contributed by atoms with Crippen molar-refractivity contribution in [2.45, 2.75) is 0 Å². The molecule has 0 spiro atoms. The van der Waals surface area contributed by atoms with Gasteiger partial charge in [-0.05, 0) is 12.1 Å². The van der Waals surface area contributed by atoms with Gasteiger partial charge in [0.2, 0.25) is 5.82 Å². The van der Waals surface area contributed by atoms with Crippen LogP contribution in [0.5, 0.6) is 0 Å². The largest absolute Gasteiger partial charge is 0.383 e. The minimum atomic E-state index is -0.451. The Kier molecular flexibility index (Phi) is 5.00. The molecule has 0 radical (unpaired) electrons. The van der Waals surface area contributed by atoms with Crippen molar-refractivity contribution in [2.24, 2.45) is 0 Å². The Morgan fingerprint density at radius 1 is 1.20 bits per heavy atom. The maximum absolute atomic E-state index is 11.3. The number of methoxy groups -OCH3 is 1. The normalized spacial score (nSPS) is 10.6. The summed E-state index contributed by atoms with van der Waals surface area (Å²) in [5.74, 6) is 0.658. The number of benzene rings is 2. The molecule has 0 saturated carbocycles. The van der Waals surface area contributed by atoms with Crippen molar-refractivity contribution in [1.29, 1.82) is 0 Å². The van der Waals surface area contributed by atoms with E-state index in [0.717, 1.165) is 5.56 Å². The third kappa shape index (κ3) is 3.81. The van der Waals surface area contributed by atoms with Crippen LogP contribution in [0.1, 0.15) is 0 Å². The number of nitrogens with zero attached hydrogens (tertiary/aromatic N) is 3. The van der Waals surface area contributed by atoms with Crippen molar-refractivity contribution in [3.63, 3.8) is 0 Å². The number of anilines is 1. The summed E-state index contributed by atoms with van der Waals surface area (Å²) in [4.78, 5) is 15.2. The SMILES string of the molecule is COCCNc1ccc(-c2nc(-c3ccccc3)no2)cc1[N+](=O)[O-]. The highest BCUT2D eigenvalue weighted by Gasteiger charge is 2.18. The van der Waals surface area contributed by atoms with Crippen LogP contribution in [0.3, 0.4) is 0 Å². The first-order valence-electron chi connectivity index (χ1n) is 7.60. The van der Waals surface area contributed by atoms with Crippen LogP contribution in [0.15, 0.2) is 53.1 Å². The molecule has 1 N–H and O–H groups in total. The van der Waals surface area contributed by atoms with Crippen LogP contribution in [0.25, 0.3) is 22.8 Å². The molecule has 3 aromatic rings. The number of aromatic nitrogens is 2. The maximum atomic E-state index is 11.3. The minimum absolute atomic E-state index is 0.0620. The van der Waals surface area contributed by atoms with Gasteiger partial charge in [-0.15, -0.1) is 0 Å². The lowest BCUT2D eigenvalue weighted by Crippen LogP contribution is -2.09. The van der Waals surface area contributed by atoms with Gasteiger partial charge in [-0.2, -0.15) is 4.98 Å². The van der Waals surface area contributed by atoms with Crippen LogP contribution in [0.2, 0.25) is 0 Å². The van der Waals surface area contributed by atoms with Gasteiger partial charge >= 0.3 is 0 Å². The summed E-state index contributed by atoms with van der Waals surface area (Å²) < 4.78 is 10.2. The van der Waals surface area contributed by atoms with Crippen molar-refractivity contribution in [3.8, 4) is 22.8 Å². The number of nitro benzene ring substituents is 1. The van der Waals surface area contributed by atoms with Gasteiger partial charge in [0.15, 0.2) is 0 Å². The highest BCUT2D eigenvalue weighted by molar-refractivity contribution is 5.70. The molecule has 0 fully saturated rings. The third-order valence-corrected chi connectivity index (χ3v) is 3.52. The van der Waals surface area contributed by atoms with E-state index in [-0.39, 0.29) is 11.6 Å². The summed E-state index contributed by atoms with van der Waals surface area (Å²) in [6, 6.07) is 14.1. The first-order valence-corrected chi connectivity index (χ1v) is 7.60. The van der Waals surface area contributed by atoms with E-state index in [1.165, 1.54) is 6.07 Å². The summed E-state index contributed by atoms with van der Waals surface area (Å²) in [5.41, 5.74) is 1.64. The van der Waals surface area contributed by atoms with Gasteiger partial charge in [0, 0.05) is 30.8 Å². The van der Waals surface area contributed by atoms with Crippen LogP contribution in [0.4, 0.5) is 11.4 Å². The fourth-order valence-electron chi connectivity index (χ4n) is 2.30. The second-order valence-electron chi connectivity index (χ2n) is 5.20. The molecule has 0 saturated heterocycles. The van der Waals surface area contributed by atoms with Crippen molar-refractivity contribution < 1.29 is 14.2 Å². The zero-order chi connectivity index (χ0) is 17.6. The lowest BCUT2D eigenvalue weighted by molar-refractivity contribution is -0.383. The van der Waals surface area contributed by atoms with Gasteiger partial charge in [0.05, 0.1) is 11.5 Å². The molecule has 2 aromatic carbocycles. The topological polar surface area (TPSA) is 103 Å². The quantitative estimate of drug-likeness (QED) is 0.399. The number of nitro groups is 1. The maximum Gasteiger partial charge on any atom is 0.293 e. The monoisotopic (exact) mass is 340 g/mol. The van der Waals surface area contributed by atoms with Crippen molar-refractivity contribution in [3.05, 3.63) is 58.6 Å². The van der Waals surface area contributed by atoms with Gasteiger partial charge in [0.1, 0.15) is 5.69 Å². The summed E-state index contributed by atoms with van der Waals surface area (Å²) in [7, 11) is 1.57. The molecule has 0 aliphatic heterocycles. The first kappa shape index (κ1) is 16.6. The molecule has 0 amide bonds. The summed E-state index contributed by atoms with van der Waals surface area (Å²) in [5, 5.41) is 18.2. The van der Waals surface area contributed by atoms with Crippen molar-refractivity contribution >= 4 is 11.4 Å². The highest BCUT2D eigenvalue weighted by Crippen LogP contribution is 2.30. The van der Waals surface area contributed by atoms with Crippen LogP contribution < -0.4 is 5.32 Å². The molecule has 8 heteroatoms. The van der Waals surface area contributed by atoms with E-state index >= 15 is 0 Å². The van der Waals surface area contributed by atoms with Gasteiger partial charge < -0.3 is 14.6 Å². The van der Waals surface area contributed by atoms with Gasteiger partial charge in [-0.3, -0.25) is 10.1 Å². The lowest BCUT2D eigenvalue weighted by atomic mass is 10.1. The highest BCUT2D eigenvalue weighted by atomic mass is 16.6. The zero-order valence-corrected chi connectivity index (χ0v) is 13.5. The molecular weight excluding hydrogens is 324 g/mol. The molecule has 3 rings (SSSR count). The molecule has 0 aliphatic carbocycles. The molecule has 128 valence electrons. The average Bonchev–Trinajstić information content (AvgIpc) is 3.13. The Hall–Kier alpha value is -3.26. The number of hydrogen-bond acceptors (Lipinski definition) is 7. The van der Waals surface area contributed by atoms with Crippen LogP contribution in [-0.2, 0) is 4.74 Å². The Balaban J connectivity index is 1.89. The number of ether oxygens (including phenoxy) is 1. The molecule has 25 heavy (non-hydrogen) atoms. The van der Waals surface area contributed by atoms with Crippen molar-refractivity contribution in [2.75, 3.05) is 25.6 Å². The second kappa shape index (κ2) is 7.54. The fourth-order valence-corrected chi connectivity index (χ4v) is 2.30. The number of hydrogen-bond donors (Lipinski definition) is 1. The van der Waals surface area contributed by atoms with E-state index in [1.807, 2.05) is 30.3 Å².